The summed E-state index contributed by atoms with van der Waals surface area (Å²) in [5.41, 5.74) is 2.19. The molecule has 3 atom stereocenters. The Labute approximate surface area is 173 Å². The van der Waals surface area contributed by atoms with Crippen LogP contribution < -0.4 is 0 Å². The normalized spacial score (nSPS) is 21.4. The summed E-state index contributed by atoms with van der Waals surface area (Å²) >= 11 is 0. The van der Waals surface area contributed by atoms with Crippen LogP contribution in [-0.4, -0.2) is 31.9 Å². The van der Waals surface area contributed by atoms with Gasteiger partial charge in [0.25, 0.3) is 0 Å². The van der Waals surface area contributed by atoms with E-state index in [1.54, 1.807) is 35.5 Å². The van der Waals surface area contributed by atoms with Crippen molar-refractivity contribution in [2.75, 3.05) is 0 Å². The standard InChI is InChI=1S/C23H21N3O4/c27-19-10-8-18(9-11-19)22-23(26(29)30)20(17-6-2-1-3-7-17)13-21(28)25(22)15-16-5-4-12-24-14-16/h1-12,14,20,22-23,27H,13,15H2/t20-,22+,23-/m0/s1. The maximum atomic E-state index is 13.2. The molecular formula is C23H21N3O4. The van der Waals surface area contributed by atoms with Crippen LogP contribution in [0.25, 0.3) is 0 Å². The number of amides is 1. The van der Waals surface area contributed by atoms with Crippen molar-refractivity contribution in [2.45, 2.75) is 31.0 Å². The lowest BCUT2D eigenvalue weighted by Gasteiger charge is -2.41. The number of phenols is 1. The first-order valence-electron chi connectivity index (χ1n) is 9.70. The number of aromatic nitrogens is 1. The van der Waals surface area contributed by atoms with Crippen molar-refractivity contribution in [1.29, 1.82) is 0 Å². The van der Waals surface area contributed by atoms with Crippen LogP contribution in [0.3, 0.4) is 0 Å². The minimum absolute atomic E-state index is 0.0600. The molecule has 1 aliphatic heterocycles. The Morgan fingerprint density at radius 3 is 2.40 bits per heavy atom. The van der Waals surface area contributed by atoms with Crippen LogP contribution in [0.1, 0.15) is 35.1 Å². The first-order valence-corrected chi connectivity index (χ1v) is 9.70. The van der Waals surface area contributed by atoms with Gasteiger partial charge in [-0.1, -0.05) is 48.5 Å². The summed E-state index contributed by atoms with van der Waals surface area (Å²) in [6.45, 7) is 0.226. The summed E-state index contributed by atoms with van der Waals surface area (Å²) < 4.78 is 0. The topological polar surface area (TPSA) is 96.6 Å². The van der Waals surface area contributed by atoms with E-state index in [0.29, 0.717) is 5.56 Å². The zero-order valence-corrected chi connectivity index (χ0v) is 16.2. The molecule has 2 aromatic carbocycles. The fourth-order valence-electron chi connectivity index (χ4n) is 4.19. The lowest BCUT2D eigenvalue weighted by molar-refractivity contribution is -0.537. The number of carbonyl (C=O) groups is 1. The highest BCUT2D eigenvalue weighted by molar-refractivity contribution is 5.79. The summed E-state index contributed by atoms with van der Waals surface area (Å²) in [6, 6.07) is 17.3. The maximum Gasteiger partial charge on any atom is 0.244 e. The number of hydrogen-bond donors (Lipinski definition) is 1. The third-order valence-electron chi connectivity index (χ3n) is 5.57. The molecule has 1 amide bonds. The molecule has 0 aliphatic carbocycles. The van der Waals surface area contributed by atoms with Gasteiger partial charge >= 0.3 is 0 Å². The second kappa shape index (κ2) is 8.32. The Kier molecular flexibility index (Phi) is 5.43. The molecule has 3 aromatic rings. The zero-order chi connectivity index (χ0) is 21.1. The number of likely N-dealkylation sites (tertiary alicyclic amines) is 1. The zero-order valence-electron chi connectivity index (χ0n) is 16.2. The fraction of sp³-hybridized carbons (Fsp3) is 0.217. The van der Waals surface area contributed by atoms with Crippen molar-refractivity contribution >= 4 is 5.91 Å². The fourth-order valence-corrected chi connectivity index (χ4v) is 4.19. The van der Waals surface area contributed by atoms with Crippen LogP contribution in [-0.2, 0) is 11.3 Å². The van der Waals surface area contributed by atoms with Gasteiger partial charge in [0, 0.05) is 30.3 Å². The van der Waals surface area contributed by atoms with Crippen molar-refractivity contribution in [3.05, 3.63) is 106 Å². The number of piperidine rings is 1. The first kappa shape index (κ1) is 19.6. The highest BCUT2D eigenvalue weighted by Gasteiger charge is 2.50. The smallest absolute Gasteiger partial charge is 0.244 e. The molecular weight excluding hydrogens is 382 g/mol. The molecule has 2 heterocycles. The number of hydrogen-bond acceptors (Lipinski definition) is 5. The van der Waals surface area contributed by atoms with Crippen LogP contribution in [0.4, 0.5) is 0 Å². The predicted molar refractivity (Wildman–Crippen MR) is 110 cm³/mol. The van der Waals surface area contributed by atoms with Crippen LogP contribution in [0.2, 0.25) is 0 Å². The number of phenolic OH excluding ortho intramolecular Hbond substituents is 1. The molecule has 1 aliphatic rings. The number of nitro groups is 1. The number of rotatable bonds is 5. The van der Waals surface area contributed by atoms with Crippen LogP contribution in [0, 0.1) is 10.1 Å². The van der Waals surface area contributed by atoms with Crippen LogP contribution in [0.5, 0.6) is 5.75 Å². The van der Waals surface area contributed by atoms with Gasteiger partial charge < -0.3 is 10.0 Å². The second-order valence-corrected chi connectivity index (χ2v) is 7.42. The third-order valence-corrected chi connectivity index (χ3v) is 5.57. The minimum atomic E-state index is -1.02. The van der Waals surface area contributed by atoms with E-state index in [1.807, 2.05) is 36.4 Å². The van der Waals surface area contributed by atoms with E-state index in [1.165, 1.54) is 12.1 Å². The molecule has 0 bridgehead atoms. The van der Waals surface area contributed by atoms with Crippen molar-refractivity contribution in [2.24, 2.45) is 0 Å². The van der Waals surface area contributed by atoms with Gasteiger partial charge in [0.1, 0.15) is 11.8 Å². The molecule has 0 saturated carbocycles. The molecule has 7 nitrogen and oxygen atoms in total. The van der Waals surface area contributed by atoms with E-state index in [-0.39, 0.29) is 29.5 Å². The molecule has 1 saturated heterocycles. The Morgan fingerprint density at radius 1 is 1.03 bits per heavy atom. The molecule has 1 N–H and O–H groups in total. The van der Waals surface area contributed by atoms with Gasteiger partial charge in [0.05, 0.1) is 5.92 Å². The molecule has 1 aromatic heterocycles. The number of pyridine rings is 1. The summed E-state index contributed by atoms with van der Waals surface area (Å²) in [6.07, 6.45) is 3.36. The van der Waals surface area contributed by atoms with E-state index in [2.05, 4.69) is 4.98 Å². The lowest BCUT2D eigenvalue weighted by atomic mass is 9.78. The highest BCUT2D eigenvalue weighted by atomic mass is 16.6. The first-order chi connectivity index (χ1) is 14.5. The van der Waals surface area contributed by atoms with Gasteiger partial charge in [-0.15, -0.1) is 0 Å². The highest BCUT2D eigenvalue weighted by Crippen LogP contribution is 2.42. The quantitative estimate of drug-likeness (QED) is 0.518. The molecule has 4 rings (SSSR count). The monoisotopic (exact) mass is 403 g/mol. The van der Waals surface area contributed by atoms with Crippen LogP contribution >= 0.6 is 0 Å². The van der Waals surface area contributed by atoms with E-state index in [4.69, 9.17) is 0 Å². The van der Waals surface area contributed by atoms with E-state index in [0.717, 1.165) is 11.1 Å². The van der Waals surface area contributed by atoms with Gasteiger partial charge in [0.2, 0.25) is 11.9 Å². The van der Waals surface area contributed by atoms with E-state index in [9.17, 15) is 20.0 Å². The number of nitrogens with zero attached hydrogens (tertiary/aromatic N) is 3. The molecule has 30 heavy (non-hydrogen) atoms. The second-order valence-electron chi connectivity index (χ2n) is 7.42. The Morgan fingerprint density at radius 2 is 1.77 bits per heavy atom. The summed E-state index contributed by atoms with van der Waals surface area (Å²) in [4.78, 5) is 30.9. The molecule has 152 valence electrons. The molecule has 0 spiro atoms. The SMILES string of the molecule is O=C1C[C@@H](c2ccccc2)[C@H]([N+](=O)[O-])[C@@H](c2ccc(O)cc2)N1Cc1cccnc1. The summed E-state index contributed by atoms with van der Waals surface area (Å²) in [5, 5.41) is 22.0. The summed E-state index contributed by atoms with van der Waals surface area (Å²) in [5.74, 6) is -0.626. The van der Waals surface area contributed by atoms with Gasteiger partial charge in [0.15, 0.2) is 0 Å². The van der Waals surface area contributed by atoms with Crippen molar-refractivity contribution < 1.29 is 14.8 Å². The molecule has 7 heteroatoms. The Bertz CT molecular complexity index is 1030. The number of aromatic hydroxyl groups is 1. The largest absolute Gasteiger partial charge is 0.508 e. The van der Waals surface area contributed by atoms with Gasteiger partial charge in [-0.05, 0) is 34.9 Å². The molecule has 1 fully saturated rings. The van der Waals surface area contributed by atoms with E-state index < -0.39 is 18.0 Å². The van der Waals surface area contributed by atoms with Crippen molar-refractivity contribution in [1.82, 2.24) is 9.88 Å². The van der Waals surface area contributed by atoms with Crippen molar-refractivity contribution in [3.8, 4) is 5.75 Å². The average molecular weight is 403 g/mol. The molecule has 0 radical (unpaired) electrons. The number of carbonyl (C=O) groups excluding carboxylic acids is 1. The Balaban J connectivity index is 1.81. The predicted octanol–water partition coefficient (Wildman–Crippen LogP) is 3.69. The van der Waals surface area contributed by atoms with Crippen LogP contribution in [0.15, 0.2) is 79.1 Å². The maximum absolute atomic E-state index is 13.2. The van der Waals surface area contributed by atoms with Gasteiger partial charge in [-0.25, -0.2) is 0 Å². The van der Waals surface area contributed by atoms with Crippen molar-refractivity contribution in [3.63, 3.8) is 0 Å². The third kappa shape index (κ3) is 3.87. The Hall–Kier alpha value is -3.74. The number of benzene rings is 2. The van der Waals surface area contributed by atoms with Gasteiger partial charge in [-0.3, -0.25) is 19.9 Å². The molecule has 0 unspecified atom stereocenters. The average Bonchev–Trinajstić information content (AvgIpc) is 2.76. The summed E-state index contributed by atoms with van der Waals surface area (Å²) in [7, 11) is 0. The van der Waals surface area contributed by atoms with E-state index >= 15 is 0 Å². The minimum Gasteiger partial charge on any atom is -0.508 e. The lowest BCUT2D eigenvalue weighted by Crippen LogP contribution is -2.51. The van der Waals surface area contributed by atoms with Gasteiger partial charge in [-0.2, -0.15) is 0 Å².